The second kappa shape index (κ2) is 38.3. The quantitative estimate of drug-likeness (QED) is 0.0604. The number of carbonyl (C=O) groups is 2. The van der Waals surface area contributed by atoms with Crippen LogP contribution in [0.4, 0.5) is 0 Å². The molecule has 0 aromatic heterocycles. The predicted molar refractivity (Wildman–Crippen MR) is 177 cm³/mol. The van der Waals surface area contributed by atoms with Gasteiger partial charge in [-0.3, -0.25) is 0 Å². The molecule has 0 aromatic carbocycles. The molecule has 1 N–H and O–H groups in total. The van der Waals surface area contributed by atoms with E-state index in [1.807, 2.05) is 0 Å². The Morgan fingerprint density at radius 1 is 0.275 bits per heavy atom. The molecular formula is C37H73NO2. The maximum atomic E-state index is 10.3. The largest absolute Gasteiger partial charge is 0.310 e. The van der Waals surface area contributed by atoms with Crippen molar-refractivity contribution < 1.29 is 9.59 Å². The van der Waals surface area contributed by atoms with Gasteiger partial charge in [-0.05, 0) is 19.4 Å². The summed E-state index contributed by atoms with van der Waals surface area (Å²) in [7, 11) is 0. The molecule has 0 saturated carbocycles. The van der Waals surface area contributed by atoms with Crippen molar-refractivity contribution in [1.29, 1.82) is 0 Å². The lowest BCUT2D eigenvalue weighted by Gasteiger charge is -2.05. The highest BCUT2D eigenvalue weighted by Gasteiger charge is 1.97. The van der Waals surface area contributed by atoms with Gasteiger partial charge in [0.1, 0.15) is 12.6 Å². The van der Waals surface area contributed by atoms with Crippen LogP contribution in [0.25, 0.3) is 0 Å². The summed E-state index contributed by atoms with van der Waals surface area (Å²) in [6.07, 6.45) is 47.9. The van der Waals surface area contributed by atoms with E-state index in [2.05, 4.69) is 5.32 Å². The minimum atomic E-state index is 0.510. The highest BCUT2D eigenvalue weighted by molar-refractivity contribution is 5.51. The molecule has 0 radical (unpaired) electrons. The summed E-state index contributed by atoms with van der Waals surface area (Å²) in [4.78, 5) is 20.5. The SMILES string of the molecule is O=CCCCCCCCCCCCCCCCCCCCCCCCCCCCCCCCCCCNCC=O. The standard InChI is InChI=1S/C37H73NO2/c39-36-33-31-29-27-25-23-21-19-17-15-13-11-9-7-5-3-1-2-4-6-8-10-12-14-16-18-20-22-24-26-28-30-32-34-38-35-37-40/h36-38H,1-35H2. The van der Waals surface area contributed by atoms with E-state index in [0.717, 1.165) is 32.0 Å². The highest BCUT2D eigenvalue weighted by Crippen LogP contribution is 2.16. The fourth-order valence-electron chi connectivity index (χ4n) is 5.94. The zero-order chi connectivity index (χ0) is 28.9. The normalized spacial score (nSPS) is 11.3. The molecule has 0 spiro atoms. The minimum absolute atomic E-state index is 0.510. The molecule has 238 valence electrons. The molecule has 0 heterocycles. The average molecular weight is 564 g/mol. The third-order valence-electron chi connectivity index (χ3n) is 8.65. The molecule has 3 heteroatoms. The molecule has 0 aliphatic rings. The first-order valence-electron chi connectivity index (χ1n) is 18.5. The van der Waals surface area contributed by atoms with Crippen molar-refractivity contribution in [2.45, 2.75) is 212 Å². The summed E-state index contributed by atoms with van der Waals surface area (Å²) in [6, 6.07) is 0. The van der Waals surface area contributed by atoms with Crippen LogP contribution in [0.3, 0.4) is 0 Å². The Balaban J connectivity index is 3.02. The van der Waals surface area contributed by atoms with E-state index in [1.54, 1.807) is 0 Å². The van der Waals surface area contributed by atoms with E-state index in [-0.39, 0.29) is 0 Å². The third kappa shape index (κ3) is 37.3. The van der Waals surface area contributed by atoms with E-state index >= 15 is 0 Å². The van der Waals surface area contributed by atoms with E-state index in [1.165, 1.54) is 199 Å². The van der Waals surface area contributed by atoms with Gasteiger partial charge in [0.25, 0.3) is 0 Å². The van der Waals surface area contributed by atoms with Crippen molar-refractivity contribution in [3.05, 3.63) is 0 Å². The van der Waals surface area contributed by atoms with Gasteiger partial charge in [-0.1, -0.05) is 193 Å². The van der Waals surface area contributed by atoms with Gasteiger partial charge in [0.2, 0.25) is 0 Å². The molecule has 0 rings (SSSR count). The zero-order valence-corrected chi connectivity index (χ0v) is 27.2. The second-order valence-corrected chi connectivity index (χ2v) is 12.6. The Kier molecular flexibility index (Phi) is 37.6. The summed E-state index contributed by atoms with van der Waals surface area (Å²) in [5.74, 6) is 0. The molecule has 3 nitrogen and oxygen atoms in total. The maximum absolute atomic E-state index is 10.3. The van der Waals surface area contributed by atoms with E-state index in [4.69, 9.17) is 0 Å². The van der Waals surface area contributed by atoms with Crippen LogP contribution in [-0.2, 0) is 9.59 Å². The van der Waals surface area contributed by atoms with E-state index in [9.17, 15) is 9.59 Å². The predicted octanol–water partition coefficient (Wildman–Crippen LogP) is 11.8. The van der Waals surface area contributed by atoms with Gasteiger partial charge < -0.3 is 14.9 Å². The van der Waals surface area contributed by atoms with Gasteiger partial charge in [-0.15, -0.1) is 0 Å². The van der Waals surface area contributed by atoms with Crippen molar-refractivity contribution in [2.75, 3.05) is 13.1 Å². The Hall–Kier alpha value is -0.700. The molecule has 0 saturated heterocycles. The number of unbranched alkanes of at least 4 members (excludes halogenated alkanes) is 32. The topological polar surface area (TPSA) is 46.2 Å². The fourth-order valence-corrected chi connectivity index (χ4v) is 5.94. The first kappa shape index (κ1) is 39.3. The number of carbonyl (C=O) groups excluding carboxylic acids is 2. The van der Waals surface area contributed by atoms with Gasteiger partial charge in [-0.2, -0.15) is 0 Å². The summed E-state index contributed by atoms with van der Waals surface area (Å²) in [5.41, 5.74) is 0. The van der Waals surface area contributed by atoms with Crippen LogP contribution in [0.15, 0.2) is 0 Å². The molecule has 0 atom stereocenters. The third-order valence-corrected chi connectivity index (χ3v) is 8.65. The Bertz CT molecular complexity index is 425. The number of nitrogens with one attached hydrogen (secondary N) is 1. The molecule has 0 amide bonds. The molecule has 0 fully saturated rings. The average Bonchev–Trinajstić information content (AvgIpc) is 2.97. The van der Waals surface area contributed by atoms with Gasteiger partial charge in [0.15, 0.2) is 0 Å². The lowest BCUT2D eigenvalue weighted by atomic mass is 10.0. The Morgan fingerprint density at radius 2 is 0.500 bits per heavy atom. The summed E-state index contributed by atoms with van der Waals surface area (Å²) in [6.45, 7) is 1.50. The number of rotatable bonds is 37. The molecule has 40 heavy (non-hydrogen) atoms. The zero-order valence-electron chi connectivity index (χ0n) is 27.2. The van der Waals surface area contributed by atoms with E-state index in [0.29, 0.717) is 6.54 Å². The first-order valence-corrected chi connectivity index (χ1v) is 18.5. The van der Waals surface area contributed by atoms with Crippen LogP contribution in [0.2, 0.25) is 0 Å². The van der Waals surface area contributed by atoms with Crippen LogP contribution in [0.5, 0.6) is 0 Å². The van der Waals surface area contributed by atoms with Gasteiger partial charge in [-0.25, -0.2) is 0 Å². The van der Waals surface area contributed by atoms with Crippen LogP contribution < -0.4 is 5.32 Å². The number of aldehydes is 2. The van der Waals surface area contributed by atoms with Gasteiger partial charge >= 0.3 is 0 Å². The fraction of sp³-hybridized carbons (Fsp3) is 0.946. The van der Waals surface area contributed by atoms with Crippen LogP contribution in [-0.4, -0.2) is 25.7 Å². The van der Waals surface area contributed by atoms with Crippen LogP contribution in [0, 0.1) is 0 Å². The number of hydrogen-bond acceptors (Lipinski definition) is 3. The Morgan fingerprint density at radius 3 is 0.725 bits per heavy atom. The minimum Gasteiger partial charge on any atom is -0.310 e. The molecule has 0 bridgehead atoms. The van der Waals surface area contributed by atoms with Crippen molar-refractivity contribution in [2.24, 2.45) is 0 Å². The molecule has 0 aromatic rings. The van der Waals surface area contributed by atoms with Crippen LogP contribution >= 0.6 is 0 Å². The van der Waals surface area contributed by atoms with Crippen molar-refractivity contribution in [1.82, 2.24) is 5.32 Å². The van der Waals surface area contributed by atoms with Gasteiger partial charge in [0.05, 0.1) is 6.54 Å². The lowest BCUT2D eigenvalue weighted by molar-refractivity contribution is -0.108. The summed E-state index contributed by atoms with van der Waals surface area (Å²) >= 11 is 0. The van der Waals surface area contributed by atoms with Crippen molar-refractivity contribution in [3.8, 4) is 0 Å². The van der Waals surface area contributed by atoms with Crippen molar-refractivity contribution in [3.63, 3.8) is 0 Å². The van der Waals surface area contributed by atoms with Gasteiger partial charge in [0, 0.05) is 6.42 Å². The molecular weight excluding hydrogens is 490 g/mol. The monoisotopic (exact) mass is 564 g/mol. The summed E-state index contributed by atoms with van der Waals surface area (Å²) < 4.78 is 0. The smallest absolute Gasteiger partial charge is 0.133 e. The Labute approximate surface area is 252 Å². The lowest BCUT2D eigenvalue weighted by Crippen LogP contribution is -2.17. The highest BCUT2D eigenvalue weighted by atomic mass is 16.1. The number of hydrogen-bond donors (Lipinski definition) is 1. The second-order valence-electron chi connectivity index (χ2n) is 12.6. The molecule has 0 aliphatic heterocycles. The van der Waals surface area contributed by atoms with E-state index < -0.39 is 0 Å². The summed E-state index contributed by atoms with van der Waals surface area (Å²) in [5, 5.41) is 3.14. The first-order chi connectivity index (χ1) is 19.9. The van der Waals surface area contributed by atoms with Crippen LogP contribution in [0.1, 0.15) is 212 Å². The molecule has 0 aliphatic carbocycles. The van der Waals surface area contributed by atoms with Crippen molar-refractivity contribution >= 4 is 12.6 Å². The molecule has 0 unspecified atom stereocenters. The maximum Gasteiger partial charge on any atom is 0.133 e.